The van der Waals surface area contributed by atoms with E-state index in [-0.39, 0.29) is 6.61 Å². The number of imidazole rings is 1. The first-order valence-electron chi connectivity index (χ1n) is 7.68. The number of aliphatic hydroxyl groups excluding tert-OH is 1. The van der Waals surface area contributed by atoms with Gasteiger partial charge in [-0.2, -0.15) is 13.2 Å². The summed E-state index contributed by atoms with van der Waals surface area (Å²) in [6.07, 6.45) is -1.93. The Morgan fingerprint density at radius 1 is 1.20 bits per heavy atom. The molecule has 5 nitrogen and oxygen atoms in total. The molecule has 25 heavy (non-hydrogen) atoms. The quantitative estimate of drug-likeness (QED) is 0.729. The summed E-state index contributed by atoms with van der Waals surface area (Å²) in [5.41, 5.74) is 0.846. The lowest BCUT2D eigenvalue weighted by Gasteiger charge is -2.07. The Balaban J connectivity index is 1.99. The highest BCUT2D eigenvalue weighted by Gasteiger charge is 2.30. The minimum absolute atomic E-state index is 0.0222. The predicted molar refractivity (Wildman–Crippen MR) is 84.7 cm³/mol. The van der Waals surface area contributed by atoms with Crippen molar-refractivity contribution in [1.82, 2.24) is 15.0 Å². The first kappa shape index (κ1) is 17.2. The van der Waals surface area contributed by atoms with Gasteiger partial charge in [0.15, 0.2) is 0 Å². The summed E-state index contributed by atoms with van der Waals surface area (Å²) in [6, 6.07) is 4.76. The van der Waals surface area contributed by atoms with E-state index >= 15 is 0 Å². The number of rotatable bonds is 5. The molecular formula is C17H16F3N3O2. The molecule has 1 aromatic carbocycles. The van der Waals surface area contributed by atoms with E-state index in [1.54, 1.807) is 13.1 Å². The van der Waals surface area contributed by atoms with Gasteiger partial charge in [0.2, 0.25) is 5.89 Å². The molecular weight excluding hydrogens is 335 g/mol. The number of hydrogen-bond acceptors (Lipinski definition) is 4. The van der Waals surface area contributed by atoms with Crippen LogP contribution in [0, 0.1) is 6.92 Å². The van der Waals surface area contributed by atoms with Crippen LogP contribution in [-0.2, 0) is 12.6 Å². The van der Waals surface area contributed by atoms with Gasteiger partial charge in [0.25, 0.3) is 0 Å². The molecule has 0 aliphatic rings. The normalized spacial score (nSPS) is 11.9. The number of halogens is 3. The number of aliphatic hydroxyl groups is 1. The molecule has 0 aliphatic carbocycles. The van der Waals surface area contributed by atoms with Gasteiger partial charge in [-0.15, -0.1) is 0 Å². The van der Waals surface area contributed by atoms with Crippen LogP contribution in [0.5, 0.6) is 0 Å². The summed E-state index contributed by atoms with van der Waals surface area (Å²) < 4.78 is 43.9. The van der Waals surface area contributed by atoms with Crippen molar-refractivity contribution < 1.29 is 22.7 Å². The number of benzene rings is 1. The number of aromatic amines is 1. The molecule has 2 N–H and O–H groups in total. The molecule has 2 heterocycles. The molecule has 0 fully saturated rings. The fourth-order valence-electron chi connectivity index (χ4n) is 2.45. The van der Waals surface area contributed by atoms with Crippen LogP contribution in [0.3, 0.4) is 0 Å². The molecule has 0 radical (unpaired) electrons. The molecule has 8 heteroatoms. The average Bonchev–Trinajstić information content (AvgIpc) is 3.18. The Labute approximate surface area is 141 Å². The maximum absolute atomic E-state index is 12.7. The SMILES string of the molecule is Cc1ncc(-c2nc(-c3ccc(C(F)(F)F)cc3)c(CCCO)o2)[nH]1. The number of H-pyrrole nitrogens is 1. The van der Waals surface area contributed by atoms with Crippen LogP contribution in [0.15, 0.2) is 34.9 Å². The molecule has 132 valence electrons. The van der Waals surface area contributed by atoms with Crippen molar-refractivity contribution in [3.63, 3.8) is 0 Å². The number of hydrogen-bond donors (Lipinski definition) is 2. The molecule has 3 rings (SSSR count). The third-order valence-electron chi connectivity index (χ3n) is 3.68. The number of nitrogens with zero attached hydrogens (tertiary/aromatic N) is 2. The Morgan fingerprint density at radius 2 is 1.92 bits per heavy atom. The van der Waals surface area contributed by atoms with E-state index in [4.69, 9.17) is 9.52 Å². The average molecular weight is 351 g/mol. The molecule has 0 unspecified atom stereocenters. The second kappa shape index (κ2) is 6.72. The fraction of sp³-hybridized carbons (Fsp3) is 0.294. The summed E-state index contributed by atoms with van der Waals surface area (Å²) in [4.78, 5) is 11.5. The topological polar surface area (TPSA) is 74.9 Å². The van der Waals surface area contributed by atoms with E-state index in [1.807, 2.05) is 0 Å². The van der Waals surface area contributed by atoms with Gasteiger partial charge in [-0.1, -0.05) is 12.1 Å². The molecule has 0 aliphatic heterocycles. The standard InChI is InChI=1S/C17H16F3N3O2/c1-10-21-9-13(22-10)16-23-15(14(25-16)3-2-8-24)11-4-6-12(7-5-11)17(18,19)20/h4-7,9,24H,2-3,8H2,1H3,(H,21,22). The minimum Gasteiger partial charge on any atom is -0.439 e. The van der Waals surface area contributed by atoms with E-state index in [9.17, 15) is 13.2 Å². The highest BCUT2D eigenvalue weighted by atomic mass is 19.4. The van der Waals surface area contributed by atoms with Crippen molar-refractivity contribution in [2.45, 2.75) is 25.9 Å². The van der Waals surface area contributed by atoms with Gasteiger partial charge >= 0.3 is 6.18 Å². The molecule has 0 amide bonds. The van der Waals surface area contributed by atoms with Crippen LogP contribution in [0.25, 0.3) is 22.8 Å². The van der Waals surface area contributed by atoms with Gasteiger partial charge < -0.3 is 14.5 Å². The summed E-state index contributed by atoms with van der Waals surface area (Å²) in [5.74, 6) is 1.51. The minimum atomic E-state index is -4.39. The Kier molecular flexibility index (Phi) is 4.63. The molecule has 0 spiro atoms. The maximum atomic E-state index is 12.7. The van der Waals surface area contributed by atoms with Crippen LogP contribution in [0.4, 0.5) is 13.2 Å². The van der Waals surface area contributed by atoms with Crippen LogP contribution in [0.1, 0.15) is 23.6 Å². The molecule has 0 bridgehead atoms. The van der Waals surface area contributed by atoms with Gasteiger partial charge in [0.1, 0.15) is 23.0 Å². The molecule has 0 saturated heterocycles. The van der Waals surface area contributed by atoms with Crippen molar-refractivity contribution in [2.75, 3.05) is 6.61 Å². The summed E-state index contributed by atoms with van der Waals surface area (Å²) in [5, 5.41) is 9.04. The third-order valence-corrected chi connectivity index (χ3v) is 3.68. The van der Waals surface area contributed by atoms with E-state index in [1.165, 1.54) is 12.1 Å². The summed E-state index contributed by atoms with van der Waals surface area (Å²) >= 11 is 0. The molecule has 0 saturated carbocycles. The number of nitrogens with one attached hydrogen (secondary N) is 1. The van der Waals surface area contributed by atoms with Crippen LogP contribution in [-0.4, -0.2) is 26.7 Å². The van der Waals surface area contributed by atoms with Crippen molar-refractivity contribution in [3.8, 4) is 22.8 Å². The van der Waals surface area contributed by atoms with Crippen LogP contribution < -0.4 is 0 Å². The van der Waals surface area contributed by atoms with E-state index in [2.05, 4.69) is 15.0 Å². The van der Waals surface area contributed by atoms with Crippen LogP contribution in [0.2, 0.25) is 0 Å². The summed E-state index contributed by atoms with van der Waals surface area (Å²) in [7, 11) is 0. The zero-order chi connectivity index (χ0) is 18.0. The van der Waals surface area contributed by atoms with Gasteiger partial charge in [-0.25, -0.2) is 9.97 Å². The number of aryl methyl sites for hydroxylation is 2. The van der Waals surface area contributed by atoms with E-state index in [0.717, 1.165) is 12.1 Å². The first-order chi connectivity index (χ1) is 11.9. The smallest absolute Gasteiger partial charge is 0.416 e. The number of alkyl halides is 3. The van der Waals surface area contributed by atoms with Crippen molar-refractivity contribution in [3.05, 3.63) is 47.6 Å². The highest BCUT2D eigenvalue weighted by molar-refractivity contribution is 5.65. The predicted octanol–water partition coefficient (Wildman–Crippen LogP) is 3.98. The Bertz CT molecular complexity index is 851. The Morgan fingerprint density at radius 3 is 2.48 bits per heavy atom. The van der Waals surface area contributed by atoms with Gasteiger partial charge in [0.05, 0.1) is 11.8 Å². The lowest BCUT2D eigenvalue weighted by Crippen LogP contribution is -2.04. The number of oxazole rings is 1. The lowest BCUT2D eigenvalue weighted by molar-refractivity contribution is -0.137. The van der Waals surface area contributed by atoms with Crippen LogP contribution >= 0.6 is 0 Å². The molecule has 2 aromatic heterocycles. The van der Waals surface area contributed by atoms with Crippen molar-refractivity contribution >= 4 is 0 Å². The zero-order valence-electron chi connectivity index (χ0n) is 13.4. The van der Waals surface area contributed by atoms with Crippen molar-refractivity contribution in [1.29, 1.82) is 0 Å². The zero-order valence-corrected chi connectivity index (χ0v) is 13.4. The maximum Gasteiger partial charge on any atom is 0.416 e. The van der Waals surface area contributed by atoms with Gasteiger partial charge in [0, 0.05) is 18.6 Å². The second-order valence-electron chi connectivity index (χ2n) is 5.58. The lowest BCUT2D eigenvalue weighted by atomic mass is 10.1. The number of aromatic nitrogens is 3. The van der Waals surface area contributed by atoms with Gasteiger partial charge in [-0.3, -0.25) is 0 Å². The van der Waals surface area contributed by atoms with Crippen molar-refractivity contribution in [2.24, 2.45) is 0 Å². The molecule has 0 atom stereocenters. The summed E-state index contributed by atoms with van der Waals surface area (Å²) in [6.45, 7) is 1.77. The highest BCUT2D eigenvalue weighted by Crippen LogP contribution is 2.33. The van der Waals surface area contributed by atoms with E-state index < -0.39 is 11.7 Å². The second-order valence-corrected chi connectivity index (χ2v) is 5.58. The largest absolute Gasteiger partial charge is 0.439 e. The third kappa shape index (κ3) is 3.74. The fourth-order valence-corrected chi connectivity index (χ4v) is 2.45. The first-order valence-corrected chi connectivity index (χ1v) is 7.68. The Hall–Kier alpha value is -2.61. The van der Waals surface area contributed by atoms with Gasteiger partial charge in [-0.05, 0) is 25.5 Å². The monoisotopic (exact) mass is 351 g/mol. The van der Waals surface area contributed by atoms with E-state index in [0.29, 0.717) is 47.3 Å². The molecule has 3 aromatic rings.